The van der Waals surface area contributed by atoms with Crippen LogP contribution in [0.4, 0.5) is 5.82 Å². The molecule has 0 unspecified atom stereocenters. The van der Waals surface area contributed by atoms with Crippen LogP contribution in [-0.4, -0.2) is 56.2 Å². The summed E-state index contributed by atoms with van der Waals surface area (Å²) in [4.78, 5) is 46.8. The zero-order chi connectivity index (χ0) is 20.4. The van der Waals surface area contributed by atoms with Crippen LogP contribution >= 0.6 is 0 Å². The van der Waals surface area contributed by atoms with Crippen molar-refractivity contribution in [2.45, 2.75) is 39.0 Å². The van der Waals surface area contributed by atoms with Gasteiger partial charge in [0.2, 0.25) is 0 Å². The summed E-state index contributed by atoms with van der Waals surface area (Å²) in [5.41, 5.74) is 7.11. The van der Waals surface area contributed by atoms with Gasteiger partial charge >= 0.3 is 17.9 Å². The molecule has 0 bridgehead atoms. The van der Waals surface area contributed by atoms with E-state index >= 15 is 0 Å². The zero-order valence-electron chi connectivity index (χ0n) is 15.5. The monoisotopic (exact) mass is 389 g/mol. The van der Waals surface area contributed by atoms with E-state index in [4.69, 9.17) is 19.9 Å². The fourth-order valence-electron chi connectivity index (χ4n) is 3.09. The van der Waals surface area contributed by atoms with Crippen molar-refractivity contribution in [2.75, 3.05) is 12.3 Å². The number of nitrogens with two attached hydrogens (primary N) is 1. The maximum Gasteiger partial charge on any atom is 0.303 e. The SMILES string of the molecule is CC(=O)OCC1=C[C@@H](n2cnc3c(N)ncnc32)[C@H](OC(C)=O)[C@@H]1OC(C)=O. The number of hydrogen-bond acceptors (Lipinski definition) is 10. The second-order valence-corrected chi connectivity index (χ2v) is 6.20. The zero-order valence-corrected chi connectivity index (χ0v) is 15.5. The van der Waals surface area contributed by atoms with Crippen LogP contribution in [0.25, 0.3) is 11.2 Å². The van der Waals surface area contributed by atoms with Gasteiger partial charge in [0.25, 0.3) is 0 Å². The van der Waals surface area contributed by atoms with Crippen LogP contribution in [-0.2, 0) is 28.6 Å². The molecule has 148 valence electrons. The highest BCUT2D eigenvalue weighted by molar-refractivity contribution is 5.81. The van der Waals surface area contributed by atoms with Gasteiger partial charge in [-0.3, -0.25) is 14.4 Å². The lowest BCUT2D eigenvalue weighted by Gasteiger charge is -2.26. The predicted octanol–water partition coefficient (Wildman–Crippen LogP) is 0.316. The highest BCUT2D eigenvalue weighted by atomic mass is 16.6. The van der Waals surface area contributed by atoms with E-state index in [1.165, 1.54) is 33.4 Å². The second-order valence-electron chi connectivity index (χ2n) is 6.20. The maximum atomic E-state index is 11.7. The highest BCUT2D eigenvalue weighted by Gasteiger charge is 2.44. The Bertz CT molecular complexity index is 968. The highest BCUT2D eigenvalue weighted by Crippen LogP contribution is 2.36. The number of imidazole rings is 1. The lowest BCUT2D eigenvalue weighted by Crippen LogP contribution is -2.37. The van der Waals surface area contributed by atoms with Crippen molar-refractivity contribution in [3.05, 3.63) is 24.3 Å². The van der Waals surface area contributed by atoms with E-state index in [2.05, 4.69) is 15.0 Å². The van der Waals surface area contributed by atoms with Gasteiger partial charge in [0.05, 0.1) is 12.4 Å². The van der Waals surface area contributed by atoms with Crippen LogP contribution in [0.5, 0.6) is 0 Å². The van der Waals surface area contributed by atoms with Gasteiger partial charge in [0.1, 0.15) is 18.5 Å². The fraction of sp³-hybridized carbons (Fsp3) is 0.412. The molecule has 0 aliphatic heterocycles. The number of nitrogen functional groups attached to an aromatic ring is 1. The van der Waals surface area contributed by atoms with Crippen LogP contribution in [0, 0.1) is 0 Å². The number of ether oxygens (including phenoxy) is 3. The summed E-state index contributed by atoms with van der Waals surface area (Å²) in [6.45, 7) is 3.63. The Hall–Kier alpha value is -3.50. The minimum absolute atomic E-state index is 0.120. The van der Waals surface area contributed by atoms with Gasteiger partial charge in [-0.05, 0) is 0 Å². The van der Waals surface area contributed by atoms with Crippen LogP contribution in [0.2, 0.25) is 0 Å². The lowest BCUT2D eigenvalue weighted by molar-refractivity contribution is -0.163. The first-order chi connectivity index (χ1) is 13.3. The van der Waals surface area contributed by atoms with Gasteiger partial charge in [0, 0.05) is 26.3 Å². The van der Waals surface area contributed by atoms with E-state index in [-0.39, 0.29) is 12.4 Å². The molecule has 3 atom stereocenters. The van der Waals surface area contributed by atoms with E-state index in [1.807, 2.05) is 0 Å². The summed E-state index contributed by atoms with van der Waals surface area (Å²) in [7, 11) is 0. The van der Waals surface area contributed by atoms with E-state index in [0.29, 0.717) is 16.7 Å². The molecule has 11 heteroatoms. The molecule has 2 aromatic rings. The summed E-state index contributed by atoms with van der Waals surface area (Å²) >= 11 is 0. The topological polar surface area (TPSA) is 149 Å². The molecule has 11 nitrogen and oxygen atoms in total. The van der Waals surface area contributed by atoms with Crippen molar-refractivity contribution >= 4 is 34.9 Å². The molecular weight excluding hydrogens is 370 g/mol. The van der Waals surface area contributed by atoms with Gasteiger partial charge in [-0.2, -0.15) is 0 Å². The molecule has 0 amide bonds. The largest absolute Gasteiger partial charge is 0.461 e. The van der Waals surface area contributed by atoms with Crippen molar-refractivity contribution in [3.8, 4) is 0 Å². The van der Waals surface area contributed by atoms with Gasteiger partial charge in [0.15, 0.2) is 23.7 Å². The van der Waals surface area contributed by atoms with Crippen LogP contribution in [0.3, 0.4) is 0 Å². The average molecular weight is 389 g/mol. The standard InChI is InChI=1S/C17H19N5O6/c1-8(23)26-5-11-4-12(15(28-10(3)25)14(11)27-9(2)24)22-7-21-13-16(18)19-6-20-17(13)22/h4,6-7,12,14-15H,5H2,1-3H3,(H2,18,19,20)/t12-,14-,15+/m1/s1. The first-order valence-corrected chi connectivity index (χ1v) is 8.39. The first kappa shape index (κ1) is 19.3. The molecule has 0 radical (unpaired) electrons. The molecule has 0 fully saturated rings. The number of esters is 3. The summed E-state index contributed by atoms with van der Waals surface area (Å²) < 4.78 is 17.5. The number of rotatable bonds is 5. The number of aromatic nitrogens is 4. The quantitative estimate of drug-likeness (QED) is 0.430. The number of hydrogen-bond donors (Lipinski definition) is 1. The Balaban J connectivity index is 2.06. The number of fused-ring (bicyclic) bond motifs is 1. The van der Waals surface area contributed by atoms with E-state index < -0.39 is 36.2 Å². The molecule has 1 aliphatic rings. The Morgan fingerprint density at radius 1 is 1.07 bits per heavy atom. The van der Waals surface area contributed by atoms with E-state index in [1.54, 1.807) is 10.6 Å². The molecule has 3 rings (SSSR count). The molecule has 0 aromatic carbocycles. The molecule has 1 aliphatic carbocycles. The van der Waals surface area contributed by atoms with Gasteiger partial charge in [-0.1, -0.05) is 6.08 Å². The summed E-state index contributed by atoms with van der Waals surface area (Å²) in [6.07, 6.45) is 2.64. The molecule has 0 spiro atoms. The normalized spacial score (nSPS) is 21.2. The minimum atomic E-state index is -0.928. The smallest absolute Gasteiger partial charge is 0.303 e. The number of anilines is 1. The maximum absolute atomic E-state index is 11.7. The summed E-state index contributed by atoms with van der Waals surface area (Å²) in [5.74, 6) is -1.43. The first-order valence-electron chi connectivity index (χ1n) is 8.39. The van der Waals surface area contributed by atoms with Gasteiger partial charge in [-0.15, -0.1) is 0 Å². The molecule has 0 saturated carbocycles. The van der Waals surface area contributed by atoms with E-state index in [0.717, 1.165) is 0 Å². The lowest BCUT2D eigenvalue weighted by atomic mass is 10.1. The summed E-state index contributed by atoms with van der Waals surface area (Å²) in [5, 5.41) is 0. The molecule has 28 heavy (non-hydrogen) atoms. The summed E-state index contributed by atoms with van der Waals surface area (Å²) in [6, 6.07) is -0.613. The molecule has 0 saturated heterocycles. The molecular formula is C17H19N5O6. The Kier molecular flexibility index (Phi) is 5.25. The fourth-order valence-corrected chi connectivity index (χ4v) is 3.09. The number of carbonyl (C=O) groups is 3. The van der Waals surface area contributed by atoms with Crippen molar-refractivity contribution in [3.63, 3.8) is 0 Å². The van der Waals surface area contributed by atoms with E-state index in [9.17, 15) is 14.4 Å². The number of carbonyl (C=O) groups excluding carboxylic acids is 3. The predicted molar refractivity (Wildman–Crippen MR) is 94.6 cm³/mol. The second kappa shape index (κ2) is 7.62. The third kappa shape index (κ3) is 3.77. The van der Waals surface area contributed by atoms with Crippen LogP contribution in [0.15, 0.2) is 24.3 Å². The molecule has 2 aromatic heterocycles. The third-order valence-electron chi connectivity index (χ3n) is 4.13. The van der Waals surface area contributed by atoms with Crippen LogP contribution in [0.1, 0.15) is 26.8 Å². The third-order valence-corrected chi connectivity index (χ3v) is 4.13. The van der Waals surface area contributed by atoms with Crippen LogP contribution < -0.4 is 5.73 Å². The van der Waals surface area contributed by atoms with Crippen molar-refractivity contribution in [1.29, 1.82) is 0 Å². The van der Waals surface area contributed by atoms with Crippen molar-refractivity contribution < 1.29 is 28.6 Å². The Labute approximate surface area is 159 Å². The Morgan fingerprint density at radius 2 is 1.79 bits per heavy atom. The number of nitrogens with zero attached hydrogens (tertiary/aromatic N) is 4. The molecule has 2 heterocycles. The van der Waals surface area contributed by atoms with Gasteiger partial charge in [-0.25, -0.2) is 15.0 Å². The molecule has 2 N–H and O–H groups in total. The Morgan fingerprint density at radius 3 is 2.43 bits per heavy atom. The van der Waals surface area contributed by atoms with Gasteiger partial charge < -0.3 is 24.5 Å². The van der Waals surface area contributed by atoms with Crippen molar-refractivity contribution in [1.82, 2.24) is 19.5 Å². The van der Waals surface area contributed by atoms with Crippen molar-refractivity contribution in [2.24, 2.45) is 0 Å². The minimum Gasteiger partial charge on any atom is -0.461 e. The average Bonchev–Trinajstić information content (AvgIpc) is 3.16.